The van der Waals surface area contributed by atoms with Crippen molar-refractivity contribution in [3.05, 3.63) is 95.2 Å². The number of ketones is 1. The maximum Gasteiger partial charge on any atom is 0.244 e. The molecule has 2 unspecified atom stereocenters. The van der Waals surface area contributed by atoms with Gasteiger partial charge >= 0.3 is 0 Å². The Morgan fingerprint density at radius 3 is 2.45 bits per heavy atom. The van der Waals surface area contributed by atoms with Crippen LogP contribution in [0.2, 0.25) is 0 Å². The highest BCUT2D eigenvalue weighted by atomic mass is 16.7. The monoisotopic (exact) mass is 636 g/mol. The quantitative estimate of drug-likeness (QED) is 0.109. The molecule has 6 rings (SSSR count). The number of aromatic hydroxyl groups is 2. The van der Waals surface area contributed by atoms with Gasteiger partial charge in [0.25, 0.3) is 0 Å². The Hall–Kier alpha value is -5.58. The third-order valence-electron chi connectivity index (χ3n) is 8.72. The van der Waals surface area contributed by atoms with E-state index in [4.69, 9.17) is 9.47 Å². The van der Waals surface area contributed by atoms with E-state index < -0.39 is 35.6 Å². The molecular weight excluding hydrogens is 600 g/mol. The SMILES string of the molecule is Cc1c(O)[nH]c(O)c1C(=O)C(NC(=O)CC(NC(=O)C=Cc1ccc2c(c1)OCO2)c1ccc(-c2ccccn2)cc1)C1CCCC1. The highest BCUT2D eigenvalue weighted by Gasteiger charge is 2.36. The average Bonchev–Trinajstić information content (AvgIpc) is 3.83. The van der Waals surface area contributed by atoms with Crippen molar-refractivity contribution in [3.8, 4) is 34.5 Å². The molecule has 242 valence electrons. The van der Waals surface area contributed by atoms with Crippen molar-refractivity contribution >= 4 is 23.7 Å². The van der Waals surface area contributed by atoms with Crippen molar-refractivity contribution in [3.63, 3.8) is 0 Å². The first-order valence-corrected chi connectivity index (χ1v) is 15.6. The lowest BCUT2D eigenvalue weighted by molar-refractivity contribution is -0.123. The van der Waals surface area contributed by atoms with E-state index in [1.807, 2.05) is 48.5 Å². The molecule has 4 aromatic rings. The average molecular weight is 637 g/mol. The lowest BCUT2D eigenvalue weighted by atomic mass is 9.90. The van der Waals surface area contributed by atoms with Gasteiger partial charge in [0.05, 0.1) is 29.8 Å². The van der Waals surface area contributed by atoms with Gasteiger partial charge in [-0.3, -0.25) is 24.4 Å². The third-order valence-corrected chi connectivity index (χ3v) is 8.72. The van der Waals surface area contributed by atoms with Crippen LogP contribution in [0, 0.1) is 12.8 Å². The molecule has 1 fully saturated rings. The molecule has 47 heavy (non-hydrogen) atoms. The van der Waals surface area contributed by atoms with Crippen molar-refractivity contribution in [2.24, 2.45) is 5.92 Å². The van der Waals surface area contributed by atoms with Gasteiger partial charge in [-0.25, -0.2) is 0 Å². The van der Waals surface area contributed by atoms with Gasteiger partial charge in [-0.2, -0.15) is 0 Å². The zero-order valence-corrected chi connectivity index (χ0v) is 25.9. The minimum absolute atomic E-state index is 0.0386. The number of pyridine rings is 1. The number of Topliss-reactive ketones (excluding diaryl/α,β-unsaturated/α-hetero) is 1. The van der Waals surface area contributed by atoms with Crippen LogP contribution in [0.25, 0.3) is 17.3 Å². The summed E-state index contributed by atoms with van der Waals surface area (Å²) in [7, 11) is 0. The predicted octanol–water partition coefficient (Wildman–Crippen LogP) is 5.34. The number of ether oxygens (including phenoxy) is 2. The van der Waals surface area contributed by atoms with E-state index in [0.717, 1.165) is 42.5 Å². The Bertz CT molecular complexity index is 1790. The first-order valence-electron chi connectivity index (χ1n) is 15.6. The Balaban J connectivity index is 1.22. The number of amides is 2. The van der Waals surface area contributed by atoms with E-state index in [2.05, 4.69) is 20.6 Å². The maximum absolute atomic E-state index is 13.7. The summed E-state index contributed by atoms with van der Waals surface area (Å²) in [6.07, 6.45) is 7.93. The van der Waals surface area contributed by atoms with E-state index in [-0.39, 0.29) is 36.1 Å². The number of benzene rings is 2. The standard InChI is InChI=1S/C36H36N4O7/c1-21-32(36(45)40-35(21)44)34(43)33(25-6-2-3-7-25)39-31(42)19-27(24-13-11-23(12-14-24)26-8-4-5-17-37-26)38-30(41)16-10-22-9-15-28-29(18-22)47-20-46-28/h4-5,8-18,25,27,33,40,44-45H,2-3,6-7,19-20H2,1H3,(H,38,41)(H,39,42). The minimum atomic E-state index is -0.904. The zero-order chi connectivity index (χ0) is 32.9. The Morgan fingerprint density at radius 1 is 0.979 bits per heavy atom. The fourth-order valence-electron chi connectivity index (χ4n) is 6.21. The van der Waals surface area contributed by atoms with Crippen LogP contribution in [0.5, 0.6) is 23.3 Å². The second-order valence-corrected chi connectivity index (χ2v) is 11.8. The van der Waals surface area contributed by atoms with E-state index in [9.17, 15) is 24.6 Å². The largest absolute Gasteiger partial charge is 0.494 e. The minimum Gasteiger partial charge on any atom is -0.494 e. The van der Waals surface area contributed by atoms with Crippen LogP contribution in [0.1, 0.15) is 65.2 Å². The van der Waals surface area contributed by atoms with Crippen molar-refractivity contribution in [1.29, 1.82) is 0 Å². The number of carbonyl (C=O) groups excluding carboxylic acids is 3. The van der Waals surface area contributed by atoms with Crippen LogP contribution in [0.4, 0.5) is 0 Å². The van der Waals surface area contributed by atoms with Crippen molar-refractivity contribution in [1.82, 2.24) is 20.6 Å². The van der Waals surface area contributed by atoms with Crippen molar-refractivity contribution < 1.29 is 34.1 Å². The molecule has 0 spiro atoms. The number of carbonyl (C=O) groups is 3. The summed E-state index contributed by atoms with van der Waals surface area (Å²) >= 11 is 0. The number of nitrogens with zero attached hydrogens (tertiary/aromatic N) is 1. The van der Waals surface area contributed by atoms with Crippen LogP contribution in [-0.4, -0.2) is 50.6 Å². The van der Waals surface area contributed by atoms with Crippen LogP contribution in [0.3, 0.4) is 0 Å². The van der Waals surface area contributed by atoms with Gasteiger partial charge in [0.2, 0.25) is 24.5 Å². The number of fused-ring (bicyclic) bond motifs is 1. The smallest absolute Gasteiger partial charge is 0.244 e. The van der Waals surface area contributed by atoms with Crippen molar-refractivity contribution in [2.75, 3.05) is 6.79 Å². The fourth-order valence-corrected chi connectivity index (χ4v) is 6.21. The lowest BCUT2D eigenvalue weighted by Gasteiger charge is -2.25. The lowest BCUT2D eigenvalue weighted by Crippen LogP contribution is -2.46. The molecule has 1 saturated carbocycles. The summed E-state index contributed by atoms with van der Waals surface area (Å²) in [5.74, 6) is -0.948. The van der Waals surface area contributed by atoms with Crippen LogP contribution in [0.15, 0.2) is 72.9 Å². The number of rotatable bonds is 11. The van der Waals surface area contributed by atoms with Gasteiger partial charge in [0, 0.05) is 23.4 Å². The molecule has 0 radical (unpaired) electrons. The fraction of sp³-hybridized carbons (Fsp3) is 0.278. The van der Waals surface area contributed by atoms with Crippen LogP contribution >= 0.6 is 0 Å². The highest BCUT2D eigenvalue weighted by Crippen LogP contribution is 2.35. The topological polar surface area (TPSA) is 163 Å². The molecule has 5 N–H and O–H groups in total. The Morgan fingerprint density at radius 2 is 1.74 bits per heavy atom. The van der Waals surface area contributed by atoms with Gasteiger partial charge < -0.3 is 30.3 Å². The summed E-state index contributed by atoms with van der Waals surface area (Å²) in [5, 5.41) is 26.3. The van der Waals surface area contributed by atoms with E-state index in [0.29, 0.717) is 17.1 Å². The molecular formula is C36H36N4O7. The number of hydrogen-bond donors (Lipinski definition) is 5. The van der Waals surface area contributed by atoms with Crippen LogP contribution < -0.4 is 20.1 Å². The molecule has 0 bridgehead atoms. The second-order valence-electron chi connectivity index (χ2n) is 11.8. The zero-order valence-electron chi connectivity index (χ0n) is 25.9. The number of H-pyrrole nitrogens is 1. The van der Waals surface area contributed by atoms with Gasteiger partial charge in [-0.05, 0) is 67.2 Å². The molecule has 11 nitrogen and oxygen atoms in total. The molecule has 2 atom stereocenters. The van der Waals surface area contributed by atoms with Gasteiger partial charge in [0.15, 0.2) is 23.2 Å². The first-order chi connectivity index (χ1) is 22.8. The maximum atomic E-state index is 13.7. The Kier molecular flexibility index (Phi) is 9.23. The highest BCUT2D eigenvalue weighted by molar-refractivity contribution is 6.05. The van der Waals surface area contributed by atoms with E-state index in [1.54, 1.807) is 24.4 Å². The van der Waals surface area contributed by atoms with E-state index in [1.165, 1.54) is 13.0 Å². The molecule has 1 aliphatic heterocycles. The molecule has 2 aliphatic rings. The third kappa shape index (κ3) is 7.14. The van der Waals surface area contributed by atoms with Gasteiger partial charge in [-0.15, -0.1) is 0 Å². The second kappa shape index (κ2) is 13.8. The number of aromatic nitrogens is 2. The number of hydrogen-bond acceptors (Lipinski definition) is 8. The van der Waals surface area contributed by atoms with Crippen molar-refractivity contribution in [2.45, 2.75) is 51.1 Å². The molecule has 1 aliphatic carbocycles. The Labute approximate surface area is 271 Å². The molecule has 11 heteroatoms. The molecule has 0 saturated heterocycles. The first kappa shape index (κ1) is 31.4. The molecule has 2 aromatic carbocycles. The summed E-state index contributed by atoms with van der Waals surface area (Å²) in [4.78, 5) is 47.4. The van der Waals surface area contributed by atoms with Crippen LogP contribution in [-0.2, 0) is 9.59 Å². The van der Waals surface area contributed by atoms with E-state index >= 15 is 0 Å². The summed E-state index contributed by atoms with van der Waals surface area (Å²) in [5.41, 5.74) is 3.28. The summed E-state index contributed by atoms with van der Waals surface area (Å²) in [6, 6.07) is 16.8. The number of aromatic amines is 1. The van der Waals surface area contributed by atoms with Gasteiger partial charge in [-0.1, -0.05) is 49.2 Å². The number of nitrogens with one attached hydrogen (secondary N) is 3. The predicted molar refractivity (Wildman–Crippen MR) is 174 cm³/mol. The molecule has 2 aromatic heterocycles. The normalized spacial score (nSPS) is 15.4. The summed E-state index contributed by atoms with van der Waals surface area (Å²) < 4.78 is 10.8. The van der Waals surface area contributed by atoms with Gasteiger partial charge in [0.1, 0.15) is 0 Å². The molecule has 2 amide bonds. The summed E-state index contributed by atoms with van der Waals surface area (Å²) in [6.45, 7) is 1.68. The molecule has 3 heterocycles.